The van der Waals surface area contributed by atoms with Crippen molar-refractivity contribution in [2.75, 3.05) is 0 Å². The summed E-state index contributed by atoms with van der Waals surface area (Å²) in [5, 5.41) is 3.13. The minimum Gasteiger partial charge on any atom is -0.298 e. The monoisotopic (exact) mass is 235 g/mol. The number of nitrogens with zero attached hydrogens (tertiary/aromatic N) is 3. The first-order chi connectivity index (χ1) is 8.88. The molecule has 0 radical (unpaired) electrons. The summed E-state index contributed by atoms with van der Waals surface area (Å²) in [6.45, 7) is 0. The fraction of sp³-hybridized carbons (Fsp3) is 0.0714. The molecule has 3 aromatic rings. The average molecular weight is 235 g/mol. The minimum absolute atomic E-state index is 0.513. The van der Waals surface area contributed by atoms with Crippen LogP contribution in [0.2, 0.25) is 0 Å². The predicted molar refractivity (Wildman–Crippen MR) is 69.3 cm³/mol. The van der Waals surface area contributed by atoms with Crippen molar-refractivity contribution in [1.82, 2.24) is 9.55 Å². The summed E-state index contributed by atoms with van der Waals surface area (Å²) in [7, 11) is 0. The lowest BCUT2D eigenvalue weighted by Gasteiger charge is -2.19. The molecular weight excluding hydrogens is 226 g/mol. The van der Waals surface area contributed by atoms with Gasteiger partial charge < -0.3 is 0 Å². The normalized spacial score (nSPS) is 12.4. The predicted octanol–water partition coefficient (Wildman–Crippen LogP) is 3.33. The Labute approximate surface area is 103 Å². The van der Waals surface area contributed by atoms with Gasteiger partial charge in [-0.1, -0.05) is 18.2 Å². The molecule has 0 N–H and O–H groups in total. The molecule has 0 fully saturated rings. The molecule has 4 rings (SSSR count). The van der Waals surface area contributed by atoms with Crippen molar-refractivity contribution in [1.29, 1.82) is 0 Å². The summed E-state index contributed by atoms with van der Waals surface area (Å²) < 4.78 is 2.04. The van der Waals surface area contributed by atoms with E-state index < -0.39 is 0 Å². The van der Waals surface area contributed by atoms with Crippen LogP contribution < -0.4 is 0 Å². The number of fused-ring (bicyclic) bond motifs is 2. The van der Waals surface area contributed by atoms with Gasteiger partial charge in [-0.3, -0.25) is 4.57 Å². The van der Waals surface area contributed by atoms with Gasteiger partial charge in [0.2, 0.25) is 0 Å². The highest BCUT2D eigenvalue weighted by atomic mass is 16.3. The molecule has 18 heavy (non-hydrogen) atoms. The maximum atomic E-state index is 10.9. The number of aromatic nitrogens is 2. The fourth-order valence-electron chi connectivity index (χ4n) is 2.69. The van der Waals surface area contributed by atoms with E-state index in [0.29, 0.717) is 5.69 Å². The Bertz CT molecular complexity index is 789. The second-order valence-electron chi connectivity index (χ2n) is 4.44. The van der Waals surface area contributed by atoms with Crippen molar-refractivity contribution in [3.05, 3.63) is 58.8 Å². The van der Waals surface area contributed by atoms with Gasteiger partial charge in [-0.05, 0) is 28.9 Å². The molecule has 1 aliphatic heterocycles. The number of hydrogen-bond acceptors (Lipinski definition) is 3. The maximum absolute atomic E-state index is 10.9. The molecule has 0 amide bonds. The molecular formula is C14H9N3O. The highest BCUT2D eigenvalue weighted by molar-refractivity contribution is 5.87. The molecule has 2 aromatic carbocycles. The van der Waals surface area contributed by atoms with Crippen LogP contribution in [0.15, 0.2) is 47.9 Å². The van der Waals surface area contributed by atoms with Gasteiger partial charge in [-0.2, -0.15) is 0 Å². The Morgan fingerprint density at radius 3 is 2.94 bits per heavy atom. The fourth-order valence-corrected chi connectivity index (χ4v) is 2.69. The average Bonchev–Trinajstić information content (AvgIpc) is 2.85. The van der Waals surface area contributed by atoms with Crippen LogP contribution in [0.1, 0.15) is 11.1 Å². The number of hydrogen-bond donors (Lipinski definition) is 0. The molecule has 4 nitrogen and oxygen atoms in total. The second kappa shape index (κ2) is 3.26. The Morgan fingerprint density at radius 2 is 2.06 bits per heavy atom. The summed E-state index contributed by atoms with van der Waals surface area (Å²) in [4.78, 5) is 15.3. The number of para-hydroxylation sites is 1. The van der Waals surface area contributed by atoms with Crippen LogP contribution in [-0.2, 0) is 6.42 Å². The molecule has 2 heterocycles. The third-order valence-electron chi connectivity index (χ3n) is 3.51. The van der Waals surface area contributed by atoms with E-state index in [0.717, 1.165) is 28.7 Å². The molecule has 0 aliphatic carbocycles. The second-order valence-corrected chi connectivity index (χ2v) is 4.44. The van der Waals surface area contributed by atoms with Crippen LogP contribution in [-0.4, -0.2) is 9.55 Å². The Kier molecular flexibility index (Phi) is 1.73. The third-order valence-corrected chi connectivity index (χ3v) is 3.51. The Balaban J connectivity index is 2.19. The van der Waals surface area contributed by atoms with E-state index in [1.807, 2.05) is 22.8 Å². The molecule has 0 unspecified atom stereocenters. The summed E-state index contributed by atoms with van der Waals surface area (Å²) in [6.07, 6.45) is 2.54. The summed E-state index contributed by atoms with van der Waals surface area (Å²) in [5.74, 6) is 0. The lowest BCUT2D eigenvalue weighted by molar-refractivity contribution is 1.00. The number of imidazole rings is 1. The van der Waals surface area contributed by atoms with Crippen molar-refractivity contribution >= 4 is 16.7 Å². The van der Waals surface area contributed by atoms with Gasteiger partial charge in [0.15, 0.2) is 0 Å². The van der Waals surface area contributed by atoms with Crippen molar-refractivity contribution in [3.63, 3.8) is 0 Å². The van der Waals surface area contributed by atoms with Crippen LogP contribution >= 0.6 is 0 Å². The SMILES string of the molecule is O=Nc1ccc2ncn3c2c1Cc1ccccc1-3. The highest BCUT2D eigenvalue weighted by Gasteiger charge is 2.21. The summed E-state index contributed by atoms with van der Waals surface area (Å²) in [5.41, 5.74) is 5.73. The van der Waals surface area contributed by atoms with E-state index in [9.17, 15) is 4.91 Å². The van der Waals surface area contributed by atoms with Crippen molar-refractivity contribution < 1.29 is 0 Å². The Hall–Kier alpha value is -2.49. The largest absolute Gasteiger partial charge is 0.298 e. The van der Waals surface area contributed by atoms with E-state index in [1.54, 1.807) is 12.4 Å². The van der Waals surface area contributed by atoms with Crippen LogP contribution in [0.4, 0.5) is 5.69 Å². The van der Waals surface area contributed by atoms with Gasteiger partial charge in [0.25, 0.3) is 0 Å². The minimum atomic E-state index is 0.513. The zero-order chi connectivity index (χ0) is 12.1. The third kappa shape index (κ3) is 1.07. The topological polar surface area (TPSA) is 47.2 Å². The molecule has 0 spiro atoms. The van der Waals surface area contributed by atoms with Crippen LogP contribution in [0.25, 0.3) is 16.7 Å². The Morgan fingerprint density at radius 1 is 1.17 bits per heavy atom. The lowest BCUT2D eigenvalue weighted by Crippen LogP contribution is -2.06. The van der Waals surface area contributed by atoms with Gasteiger partial charge in [0.1, 0.15) is 12.0 Å². The first kappa shape index (κ1) is 9.53. The summed E-state index contributed by atoms with van der Waals surface area (Å²) >= 11 is 0. The van der Waals surface area contributed by atoms with Gasteiger partial charge in [-0.15, -0.1) is 4.91 Å². The number of benzene rings is 2. The maximum Gasteiger partial charge on any atom is 0.113 e. The molecule has 0 atom stereocenters. The van der Waals surface area contributed by atoms with E-state index in [2.05, 4.69) is 22.3 Å². The van der Waals surface area contributed by atoms with Gasteiger partial charge in [-0.25, -0.2) is 4.98 Å². The highest BCUT2D eigenvalue weighted by Crippen LogP contribution is 2.36. The van der Waals surface area contributed by atoms with Crippen molar-refractivity contribution in [2.24, 2.45) is 5.18 Å². The van der Waals surface area contributed by atoms with Crippen molar-refractivity contribution in [3.8, 4) is 5.69 Å². The van der Waals surface area contributed by atoms with E-state index >= 15 is 0 Å². The smallest absolute Gasteiger partial charge is 0.113 e. The molecule has 86 valence electrons. The van der Waals surface area contributed by atoms with E-state index in [4.69, 9.17) is 0 Å². The van der Waals surface area contributed by atoms with E-state index in [-0.39, 0.29) is 0 Å². The zero-order valence-corrected chi connectivity index (χ0v) is 9.50. The van der Waals surface area contributed by atoms with Crippen LogP contribution in [0.3, 0.4) is 0 Å². The number of rotatable bonds is 1. The van der Waals surface area contributed by atoms with Crippen LogP contribution in [0, 0.1) is 4.91 Å². The standard InChI is InChI=1S/C14H9N3O/c18-16-11-5-6-12-14-10(11)7-9-3-1-2-4-13(9)17(14)8-15-12/h1-6,8H,7H2. The van der Waals surface area contributed by atoms with Gasteiger partial charge in [0, 0.05) is 12.0 Å². The van der Waals surface area contributed by atoms with Gasteiger partial charge >= 0.3 is 0 Å². The quantitative estimate of drug-likeness (QED) is 0.475. The molecule has 0 saturated heterocycles. The zero-order valence-electron chi connectivity index (χ0n) is 9.50. The molecule has 0 saturated carbocycles. The lowest BCUT2D eigenvalue weighted by atomic mass is 9.97. The number of nitroso groups, excluding NO2 is 1. The van der Waals surface area contributed by atoms with Gasteiger partial charge in [0.05, 0.1) is 16.7 Å². The van der Waals surface area contributed by atoms with Crippen molar-refractivity contribution in [2.45, 2.75) is 6.42 Å². The molecule has 0 bridgehead atoms. The first-order valence-corrected chi connectivity index (χ1v) is 5.79. The molecule has 4 heteroatoms. The van der Waals surface area contributed by atoms with Crippen LogP contribution in [0.5, 0.6) is 0 Å². The summed E-state index contributed by atoms with van der Waals surface area (Å²) in [6, 6.07) is 11.8. The first-order valence-electron chi connectivity index (χ1n) is 5.79. The molecule has 1 aliphatic rings. The van der Waals surface area contributed by atoms with E-state index in [1.165, 1.54) is 5.56 Å². The molecule has 1 aromatic heterocycles.